The van der Waals surface area contributed by atoms with Gasteiger partial charge >= 0.3 is 0 Å². The molecule has 0 aromatic carbocycles. The summed E-state index contributed by atoms with van der Waals surface area (Å²) in [5.74, 6) is -0.104. The number of carbonyl (C=O) groups excluding carboxylic acids is 1. The minimum atomic E-state index is -0.576. The number of rotatable bonds is 1. The lowest BCUT2D eigenvalue weighted by Crippen LogP contribution is -2.39. The fourth-order valence-corrected chi connectivity index (χ4v) is 3.20. The molecule has 0 fully saturated rings. The Bertz CT molecular complexity index is 613. The fourth-order valence-electron chi connectivity index (χ4n) is 2.87. The van der Waals surface area contributed by atoms with E-state index in [-0.39, 0.29) is 11.4 Å². The Morgan fingerprint density at radius 1 is 1.42 bits per heavy atom. The Balaban J connectivity index is 2.62. The molecule has 1 heterocycles. The summed E-state index contributed by atoms with van der Waals surface area (Å²) in [7, 11) is 0. The Labute approximate surface area is 117 Å². The maximum absolute atomic E-state index is 12.1. The standard InChI is InChI=1S/C15H15ClN2O/c1-14(2)9-15(3,7-10(8-17)12(14)19)11-5-4-6-18-13(11)16/h4-7H,9H2,1-3H3. The number of Topliss-reactive ketones (excluding diaryl/α,β-unsaturated/α-hetero) is 1. The van der Waals surface area contributed by atoms with E-state index < -0.39 is 10.8 Å². The molecule has 2 rings (SSSR count). The van der Waals surface area contributed by atoms with Gasteiger partial charge in [-0.2, -0.15) is 5.26 Å². The van der Waals surface area contributed by atoms with Crippen molar-refractivity contribution in [1.82, 2.24) is 4.98 Å². The van der Waals surface area contributed by atoms with Gasteiger partial charge in [0, 0.05) is 17.0 Å². The van der Waals surface area contributed by atoms with E-state index >= 15 is 0 Å². The number of nitriles is 1. The maximum Gasteiger partial charge on any atom is 0.178 e. The molecule has 1 aromatic heterocycles. The van der Waals surface area contributed by atoms with E-state index in [1.54, 1.807) is 12.3 Å². The first-order valence-corrected chi connectivity index (χ1v) is 6.47. The summed E-state index contributed by atoms with van der Waals surface area (Å²) in [6.45, 7) is 5.71. The van der Waals surface area contributed by atoms with E-state index in [0.29, 0.717) is 11.6 Å². The van der Waals surface area contributed by atoms with E-state index in [1.165, 1.54) is 0 Å². The van der Waals surface area contributed by atoms with Gasteiger partial charge < -0.3 is 0 Å². The van der Waals surface area contributed by atoms with Crippen LogP contribution in [0.25, 0.3) is 0 Å². The molecule has 1 aliphatic rings. The summed E-state index contributed by atoms with van der Waals surface area (Å²) >= 11 is 6.16. The zero-order valence-electron chi connectivity index (χ0n) is 11.2. The molecule has 4 heteroatoms. The monoisotopic (exact) mass is 274 g/mol. The molecule has 1 aromatic rings. The molecule has 98 valence electrons. The molecule has 3 nitrogen and oxygen atoms in total. The number of aromatic nitrogens is 1. The second kappa shape index (κ2) is 4.47. The van der Waals surface area contributed by atoms with Crippen LogP contribution < -0.4 is 0 Å². The molecule has 0 spiro atoms. The first-order chi connectivity index (χ1) is 8.80. The second-order valence-corrected chi connectivity index (χ2v) is 6.18. The molecule has 0 aliphatic heterocycles. The number of halogens is 1. The molecular weight excluding hydrogens is 260 g/mol. The largest absolute Gasteiger partial charge is 0.293 e. The van der Waals surface area contributed by atoms with Gasteiger partial charge in [0.05, 0.1) is 5.57 Å². The van der Waals surface area contributed by atoms with E-state index in [0.717, 1.165) is 5.56 Å². The molecule has 1 aliphatic carbocycles. The first kappa shape index (κ1) is 13.8. The maximum atomic E-state index is 12.1. The highest BCUT2D eigenvalue weighted by Gasteiger charge is 2.44. The molecule has 0 N–H and O–H groups in total. The lowest BCUT2D eigenvalue weighted by atomic mass is 9.63. The van der Waals surface area contributed by atoms with Gasteiger partial charge in [0.2, 0.25) is 0 Å². The van der Waals surface area contributed by atoms with E-state index in [2.05, 4.69) is 4.98 Å². The normalized spacial score (nSPS) is 25.6. The number of carbonyl (C=O) groups is 1. The topological polar surface area (TPSA) is 53.8 Å². The molecule has 0 radical (unpaired) electrons. The Kier molecular flexibility index (Phi) is 3.24. The number of hydrogen-bond acceptors (Lipinski definition) is 3. The van der Waals surface area contributed by atoms with Crippen molar-refractivity contribution in [2.24, 2.45) is 5.41 Å². The van der Waals surface area contributed by atoms with Crippen molar-refractivity contribution in [3.63, 3.8) is 0 Å². The van der Waals surface area contributed by atoms with Crippen molar-refractivity contribution in [1.29, 1.82) is 5.26 Å². The molecule has 1 atom stereocenters. The van der Waals surface area contributed by atoms with Crippen molar-refractivity contribution in [2.75, 3.05) is 0 Å². The quantitative estimate of drug-likeness (QED) is 0.737. The third kappa shape index (κ3) is 2.29. The van der Waals surface area contributed by atoms with Gasteiger partial charge in [-0.25, -0.2) is 4.98 Å². The number of nitrogens with zero attached hydrogens (tertiary/aromatic N) is 2. The van der Waals surface area contributed by atoms with Crippen molar-refractivity contribution in [2.45, 2.75) is 32.6 Å². The third-order valence-electron chi connectivity index (χ3n) is 3.63. The van der Waals surface area contributed by atoms with Gasteiger partial charge in [0.15, 0.2) is 5.78 Å². The lowest BCUT2D eigenvalue weighted by molar-refractivity contribution is -0.124. The number of ketones is 1. The zero-order chi connectivity index (χ0) is 14.3. The summed E-state index contributed by atoms with van der Waals surface area (Å²) < 4.78 is 0. The SMILES string of the molecule is CC1(C)CC(C)(c2cccnc2Cl)C=C(C#N)C1=O. The minimum Gasteiger partial charge on any atom is -0.293 e. The van der Waals surface area contributed by atoms with E-state index in [4.69, 9.17) is 16.9 Å². The first-order valence-electron chi connectivity index (χ1n) is 6.09. The van der Waals surface area contributed by atoms with Crippen molar-refractivity contribution < 1.29 is 4.79 Å². The van der Waals surface area contributed by atoms with Crippen LogP contribution in [-0.2, 0) is 10.2 Å². The number of hydrogen-bond donors (Lipinski definition) is 0. The fraction of sp³-hybridized carbons (Fsp3) is 0.400. The summed E-state index contributed by atoms with van der Waals surface area (Å²) in [5.41, 5.74) is 0.0327. The van der Waals surface area contributed by atoms with Crippen LogP contribution in [0.5, 0.6) is 0 Å². The number of allylic oxidation sites excluding steroid dienone is 2. The molecule has 1 unspecified atom stereocenters. The lowest BCUT2D eigenvalue weighted by Gasteiger charge is -2.39. The molecule has 0 amide bonds. The minimum absolute atomic E-state index is 0.104. The van der Waals surface area contributed by atoms with Gasteiger partial charge in [-0.05, 0) is 18.1 Å². The Morgan fingerprint density at radius 3 is 2.68 bits per heavy atom. The molecular formula is C15H15ClN2O. The van der Waals surface area contributed by atoms with Gasteiger partial charge in [-0.15, -0.1) is 0 Å². The molecule has 0 saturated heterocycles. The van der Waals surface area contributed by atoms with Gasteiger partial charge in [0.1, 0.15) is 11.2 Å². The van der Waals surface area contributed by atoms with Crippen molar-refractivity contribution in [3.05, 3.63) is 40.7 Å². The number of pyridine rings is 1. The molecule has 0 bridgehead atoms. The average Bonchev–Trinajstić information content (AvgIpc) is 2.34. The Hall–Kier alpha value is -1.66. The molecule has 19 heavy (non-hydrogen) atoms. The van der Waals surface area contributed by atoms with E-state index in [9.17, 15) is 4.79 Å². The summed E-state index contributed by atoms with van der Waals surface area (Å²) in [6, 6.07) is 5.71. The third-order valence-corrected chi connectivity index (χ3v) is 3.93. The Morgan fingerprint density at radius 2 is 2.11 bits per heavy atom. The van der Waals surface area contributed by atoms with Crippen LogP contribution in [0.2, 0.25) is 5.15 Å². The highest BCUT2D eigenvalue weighted by Crippen LogP contribution is 2.45. The van der Waals surface area contributed by atoms with Crippen molar-refractivity contribution in [3.8, 4) is 6.07 Å². The summed E-state index contributed by atoms with van der Waals surface area (Å²) in [6.07, 6.45) is 3.96. The smallest absolute Gasteiger partial charge is 0.178 e. The van der Waals surface area contributed by atoms with Crippen LogP contribution in [0.1, 0.15) is 32.8 Å². The van der Waals surface area contributed by atoms with Crippen LogP contribution in [0.3, 0.4) is 0 Å². The second-order valence-electron chi connectivity index (χ2n) is 5.82. The highest BCUT2D eigenvalue weighted by molar-refractivity contribution is 6.30. The summed E-state index contributed by atoms with van der Waals surface area (Å²) in [4.78, 5) is 16.2. The molecule has 0 saturated carbocycles. The highest BCUT2D eigenvalue weighted by atomic mass is 35.5. The van der Waals surface area contributed by atoms with Gasteiger partial charge in [-0.3, -0.25) is 4.79 Å². The van der Waals surface area contributed by atoms with Crippen LogP contribution in [-0.4, -0.2) is 10.8 Å². The predicted octanol–water partition coefficient (Wildman–Crippen LogP) is 3.44. The van der Waals surface area contributed by atoms with Crippen LogP contribution >= 0.6 is 11.6 Å². The van der Waals surface area contributed by atoms with Crippen LogP contribution in [0, 0.1) is 16.7 Å². The van der Waals surface area contributed by atoms with Crippen LogP contribution in [0.15, 0.2) is 30.0 Å². The van der Waals surface area contributed by atoms with E-state index in [1.807, 2.05) is 39.0 Å². The van der Waals surface area contributed by atoms with Crippen LogP contribution in [0.4, 0.5) is 0 Å². The van der Waals surface area contributed by atoms with Gasteiger partial charge in [-0.1, -0.05) is 44.5 Å². The summed E-state index contributed by atoms with van der Waals surface area (Å²) in [5, 5.41) is 9.57. The van der Waals surface area contributed by atoms with Gasteiger partial charge in [0.25, 0.3) is 0 Å². The van der Waals surface area contributed by atoms with Crippen molar-refractivity contribution >= 4 is 17.4 Å². The zero-order valence-corrected chi connectivity index (χ0v) is 12.0. The predicted molar refractivity (Wildman–Crippen MR) is 73.7 cm³/mol. The average molecular weight is 275 g/mol.